The molecule has 3 fully saturated rings. The fraction of sp³-hybridized carbons (Fsp3) is 0.341. The minimum Gasteiger partial charge on any atom is -0.504 e. The number of phenols is 1. The van der Waals surface area contributed by atoms with Crippen LogP contribution in [0.5, 0.6) is 11.5 Å². The molecule has 0 radical (unpaired) electrons. The van der Waals surface area contributed by atoms with E-state index in [4.69, 9.17) is 21.4 Å². The summed E-state index contributed by atoms with van der Waals surface area (Å²) in [6.07, 6.45) is -9.20. The van der Waals surface area contributed by atoms with Gasteiger partial charge in [-0.2, -0.15) is 31.4 Å². The van der Waals surface area contributed by atoms with E-state index >= 15 is 4.79 Å². The second-order valence-electron chi connectivity index (χ2n) is 16.3. The smallest absolute Gasteiger partial charge is 0.416 e. The Kier molecular flexibility index (Phi) is 9.52. The Labute approximate surface area is 358 Å². The van der Waals surface area contributed by atoms with Crippen molar-refractivity contribution in [1.82, 2.24) is 9.78 Å². The van der Waals surface area contributed by atoms with E-state index in [2.05, 4.69) is 0 Å². The van der Waals surface area contributed by atoms with Gasteiger partial charge in [0.25, 0.3) is 0 Å². The van der Waals surface area contributed by atoms with E-state index in [9.17, 15) is 45.8 Å². The molecule has 10 nitrogen and oxygen atoms in total. The van der Waals surface area contributed by atoms with E-state index in [1.54, 1.807) is 51.2 Å². The number of phenolic OH excluding ortho intramolecular Hbond substituents is 1. The van der Waals surface area contributed by atoms with E-state index < -0.39 is 87.8 Å². The highest BCUT2D eigenvalue weighted by Gasteiger charge is 2.68. The Morgan fingerprint density at radius 2 is 1.61 bits per heavy atom. The predicted octanol–water partition coefficient (Wildman–Crippen LogP) is 9.84. The van der Waals surface area contributed by atoms with Gasteiger partial charge >= 0.3 is 12.4 Å². The zero-order valence-electron chi connectivity index (χ0n) is 33.2. The zero-order valence-corrected chi connectivity index (χ0v) is 34.8. The quantitative estimate of drug-likeness (QED) is 0.102. The molecule has 1 N–H and O–H groups in total. The number of carbonyl (C=O) groups excluding carboxylic acids is 4. The lowest BCUT2D eigenvalue weighted by Crippen LogP contribution is -2.49. The van der Waals surface area contributed by atoms with Gasteiger partial charge in [0, 0.05) is 34.3 Å². The van der Waals surface area contributed by atoms with Crippen LogP contribution in [0, 0.1) is 36.0 Å². The molecule has 2 aliphatic carbocycles. The van der Waals surface area contributed by atoms with Gasteiger partial charge in [-0.05, 0) is 92.9 Å². The van der Waals surface area contributed by atoms with Crippen molar-refractivity contribution in [2.45, 2.75) is 51.9 Å². The molecule has 2 aromatic heterocycles. The van der Waals surface area contributed by atoms with E-state index in [0.29, 0.717) is 33.3 Å². The van der Waals surface area contributed by atoms with Crippen molar-refractivity contribution < 1.29 is 55.4 Å². The molecule has 4 aliphatic rings. The number of hydrogen-bond acceptors (Lipinski definition) is 8. The number of thiophene rings is 1. The number of alkyl halides is 6. The number of para-hydroxylation sites is 1. The summed E-state index contributed by atoms with van der Waals surface area (Å²) < 4.78 is 91.8. The van der Waals surface area contributed by atoms with Crippen LogP contribution in [0.2, 0.25) is 5.02 Å². The normalized spacial score (nSPS) is 25.1. The van der Waals surface area contributed by atoms with Crippen LogP contribution in [0.25, 0.3) is 20.7 Å². The summed E-state index contributed by atoms with van der Waals surface area (Å²) in [7, 11) is 1.58. The third-order valence-corrected chi connectivity index (χ3v) is 14.5. The average molecular weight is 897 g/mol. The highest BCUT2D eigenvalue weighted by Crippen LogP contribution is 2.65. The highest BCUT2D eigenvalue weighted by molar-refractivity contribution is 7.22. The maximum Gasteiger partial charge on any atom is 0.416 e. The highest BCUT2D eigenvalue weighted by atomic mass is 35.5. The molecule has 3 aromatic carbocycles. The molecule has 18 heteroatoms. The molecule has 4 heterocycles. The van der Waals surface area contributed by atoms with Gasteiger partial charge in [0.15, 0.2) is 11.5 Å². The van der Waals surface area contributed by atoms with Crippen LogP contribution in [0.3, 0.4) is 0 Å². The molecular formula is C44H35ClF6N4O6S. The van der Waals surface area contributed by atoms with Crippen LogP contribution in [-0.4, -0.2) is 45.1 Å². The lowest BCUT2D eigenvalue weighted by molar-refractivity contribution is -0.143. The number of aromatic nitrogens is 2. The largest absolute Gasteiger partial charge is 0.504 e. The van der Waals surface area contributed by atoms with Crippen molar-refractivity contribution in [3.63, 3.8) is 0 Å². The van der Waals surface area contributed by atoms with Crippen LogP contribution >= 0.6 is 22.9 Å². The first-order valence-electron chi connectivity index (χ1n) is 19.6. The van der Waals surface area contributed by atoms with Crippen molar-refractivity contribution >= 4 is 68.2 Å². The number of anilines is 2. The van der Waals surface area contributed by atoms with Crippen LogP contribution in [0.15, 0.2) is 72.3 Å². The minimum absolute atomic E-state index is 0.0785. The second-order valence-corrected chi connectivity index (χ2v) is 17.8. The number of hydrogen-bond donors (Lipinski definition) is 1. The van der Waals surface area contributed by atoms with Crippen molar-refractivity contribution in [2.75, 3.05) is 16.4 Å². The molecule has 6 atom stereocenters. The summed E-state index contributed by atoms with van der Waals surface area (Å²) in [6.45, 7) is 5.38. The lowest BCUT2D eigenvalue weighted by atomic mass is 9.51. The standard InChI is InChI=1S/C44H35ClF6N4O6S/c1-5-61-31-8-6-7-26(36(31)56)35-24-10-11-25-34(40(59)54(38(25)57)23-14-20(43(46,47)48)13-21(15-23)44(49,50)51)28(24)17-29-39(58)55(41(60)42(29,35)3)33-18-30(52-53(33)4)37-19(2)27-16-22(45)9-12-32(27)62-37/h6-10,12-16,18,25,28-29,34-35,56H,5,11,17H2,1-4H3. The van der Waals surface area contributed by atoms with E-state index in [-0.39, 0.29) is 48.4 Å². The number of carbonyl (C=O) groups is 4. The number of imide groups is 2. The fourth-order valence-electron chi connectivity index (χ4n) is 10.2. The first kappa shape index (κ1) is 41.7. The number of amides is 4. The topological polar surface area (TPSA) is 122 Å². The molecule has 322 valence electrons. The molecule has 62 heavy (non-hydrogen) atoms. The van der Waals surface area contributed by atoms with Gasteiger partial charge in [0.2, 0.25) is 23.6 Å². The fourth-order valence-corrected chi connectivity index (χ4v) is 11.5. The van der Waals surface area contributed by atoms with Crippen molar-refractivity contribution in [3.05, 3.63) is 99.6 Å². The molecule has 4 amide bonds. The molecule has 2 saturated heterocycles. The number of rotatable bonds is 6. The summed E-state index contributed by atoms with van der Waals surface area (Å²) in [5, 5.41) is 17.9. The summed E-state index contributed by atoms with van der Waals surface area (Å²) >= 11 is 7.74. The van der Waals surface area contributed by atoms with Gasteiger partial charge < -0.3 is 9.84 Å². The SMILES string of the molecule is CCOc1cccc(C2C3=CCC4C(=O)N(c5cc(C(F)(F)F)cc(C(F)(F)F)c5)C(=O)C4C3CC3C(=O)N(c4cc(-c5sc6ccc(Cl)cc6c5C)nn4C)C(=O)C32C)c1O. The van der Waals surface area contributed by atoms with Gasteiger partial charge in [0.05, 0.1) is 51.5 Å². The summed E-state index contributed by atoms with van der Waals surface area (Å²) in [6, 6.07) is 12.4. The summed E-state index contributed by atoms with van der Waals surface area (Å²) in [5.74, 6) is -9.28. The van der Waals surface area contributed by atoms with Crippen LogP contribution in [0.1, 0.15) is 54.9 Å². The molecule has 9 rings (SSSR count). The number of ether oxygens (including phenoxy) is 1. The number of aromatic hydroxyl groups is 1. The lowest BCUT2D eigenvalue weighted by Gasteiger charge is -2.49. The molecular weight excluding hydrogens is 862 g/mol. The van der Waals surface area contributed by atoms with E-state index in [0.717, 1.165) is 25.4 Å². The van der Waals surface area contributed by atoms with Gasteiger partial charge in [-0.3, -0.25) is 23.9 Å². The predicted molar refractivity (Wildman–Crippen MR) is 217 cm³/mol. The summed E-state index contributed by atoms with van der Waals surface area (Å²) in [4.78, 5) is 61.0. The maximum atomic E-state index is 15.2. The Hall–Kier alpha value is -5.68. The number of nitrogens with zero attached hydrogens (tertiary/aromatic N) is 4. The maximum absolute atomic E-state index is 15.2. The molecule has 2 aliphatic heterocycles. The molecule has 0 bridgehead atoms. The number of halogens is 7. The van der Waals surface area contributed by atoms with Crippen molar-refractivity contribution in [2.24, 2.45) is 36.1 Å². The van der Waals surface area contributed by atoms with Gasteiger partial charge in [0.1, 0.15) is 11.5 Å². The molecule has 5 aromatic rings. The first-order valence-corrected chi connectivity index (χ1v) is 20.8. The number of aryl methyl sites for hydroxylation is 2. The average Bonchev–Trinajstić information content (AvgIpc) is 3.88. The molecule has 6 unspecified atom stereocenters. The van der Waals surface area contributed by atoms with E-state index in [1.165, 1.54) is 22.1 Å². The zero-order chi connectivity index (χ0) is 44.5. The van der Waals surface area contributed by atoms with E-state index in [1.807, 2.05) is 19.1 Å². The van der Waals surface area contributed by atoms with Crippen LogP contribution in [0.4, 0.5) is 37.8 Å². The van der Waals surface area contributed by atoms with Crippen LogP contribution in [-0.2, 0) is 38.6 Å². The third-order valence-electron chi connectivity index (χ3n) is 13.0. The molecule has 0 spiro atoms. The Bertz CT molecular complexity index is 2780. The van der Waals surface area contributed by atoms with Gasteiger partial charge in [-0.1, -0.05) is 35.4 Å². The monoisotopic (exact) mass is 896 g/mol. The number of benzene rings is 3. The first-order chi connectivity index (χ1) is 29.2. The summed E-state index contributed by atoms with van der Waals surface area (Å²) in [5.41, 5.74) is -3.94. The Morgan fingerprint density at radius 1 is 0.919 bits per heavy atom. The Balaban J connectivity index is 1.16. The number of fused-ring (bicyclic) bond motifs is 5. The van der Waals surface area contributed by atoms with Crippen LogP contribution < -0.4 is 14.5 Å². The Morgan fingerprint density at radius 3 is 2.27 bits per heavy atom. The molecule has 1 saturated carbocycles. The van der Waals surface area contributed by atoms with Gasteiger partial charge in [-0.15, -0.1) is 11.3 Å². The minimum atomic E-state index is -5.25. The second kappa shape index (κ2) is 14.2. The van der Waals surface area contributed by atoms with Crippen molar-refractivity contribution in [3.8, 4) is 22.1 Å². The van der Waals surface area contributed by atoms with Gasteiger partial charge in [-0.25, -0.2) is 9.80 Å². The number of allylic oxidation sites excluding steroid dienone is 2. The van der Waals surface area contributed by atoms with Crippen molar-refractivity contribution in [1.29, 1.82) is 0 Å². The third kappa shape index (κ3) is 6.08.